The van der Waals surface area contributed by atoms with Gasteiger partial charge in [-0.25, -0.2) is 4.79 Å². The number of ketones is 1. The number of amides is 3. The van der Waals surface area contributed by atoms with Crippen molar-refractivity contribution < 1.29 is 23.9 Å². The monoisotopic (exact) mass is 623 g/mol. The normalized spacial score (nSPS) is 22.2. The van der Waals surface area contributed by atoms with Crippen LogP contribution in [0.1, 0.15) is 56.6 Å². The first kappa shape index (κ1) is 28.9. The highest BCUT2D eigenvalue weighted by atomic mass is 79.9. The van der Waals surface area contributed by atoms with E-state index in [1.165, 1.54) is 4.90 Å². The molecule has 5 rings (SSSR count). The molecule has 3 aliphatic rings. The Morgan fingerprint density at radius 3 is 2.73 bits per heavy atom. The Morgan fingerprint density at radius 2 is 2.02 bits per heavy atom. The number of Topliss-reactive ketones (excluding diaryl/α,β-unsaturated/α-hetero) is 1. The number of rotatable bonds is 10. The molecule has 2 N–H and O–H groups in total. The Morgan fingerprint density at radius 1 is 1.20 bits per heavy atom. The van der Waals surface area contributed by atoms with Crippen molar-refractivity contribution in [3.8, 4) is 0 Å². The Hall–Kier alpha value is -3.60. The molecule has 1 saturated carbocycles. The van der Waals surface area contributed by atoms with Crippen LogP contribution in [0.15, 0.2) is 58.3 Å². The summed E-state index contributed by atoms with van der Waals surface area (Å²) in [6.45, 7) is 2.65. The van der Waals surface area contributed by atoms with Gasteiger partial charge in [-0.15, -0.1) is 0 Å². The topological polar surface area (TPSA) is 130 Å². The first-order valence-corrected chi connectivity index (χ1v) is 14.8. The lowest BCUT2D eigenvalue weighted by Crippen LogP contribution is -2.53. The Kier molecular flexibility index (Phi) is 8.82. The van der Waals surface area contributed by atoms with Gasteiger partial charge in [-0.05, 0) is 55.9 Å². The smallest absolute Gasteiger partial charge is 0.410 e. The van der Waals surface area contributed by atoms with Crippen LogP contribution < -0.4 is 10.6 Å². The largest absolute Gasteiger partial charge is 0.444 e. The van der Waals surface area contributed by atoms with E-state index in [1.54, 1.807) is 24.5 Å². The summed E-state index contributed by atoms with van der Waals surface area (Å²) in [6.07, 6.45) is 6.23. The minimum Gasteiger partial charge on any atom is -0.444 e. The molecule has 11 heteroatoms. The van der Waals surface area contributed by atoms with Crippen LogP contribution in [0.4, 0.5) is 4.79 Å². The molecule has 0 bridgehead atoms. The fourth-order valence-corrected chi connectivity index (χ4v) is 5.90. The van der Waals surface area contributed by atoms with Crippen LogP contribution in [0.25, 0.3) is 0 Å². The van der Waals surface area contributed by atoms with Gasteiger partial charge in [0.15, 0.2) is 0 Å². The average molecular weight is 625 g/mol. The molecule has 1 aromatic carbocycles. The fraction of sp³-hybridized carbons (Fsp3) is 0.467. The van der Waals surface area contributed by atoms with Crippen LogP contribution >= 0.6 is 15.9 Å². The van der Waals surface area contributed by atoms with Crippen LogP contribution in [0, 0.1) is 5.41 Å². The number of likely N-dealkylation sites (tertiary alicyclic amines) is 1. The van der Waals surface area contributed by atoms with Crippen molar-refractivity contribution in [1.29, 1.82) is 0 Å². The summed E-state index contributed by atoms with van der Waals surface area (Å²) >= 11 is 3.51. The number of aromatic nitrogens is 1. The van der Waals surface area contributed by atoms with E-state index in [9.17, 15) is 19.2 Å². The van der Waals surface area contributed by atoms with Crippen molar-refractivity contribution in [2.75, 3.05) is 13.1 Å². The molecule has 1 aliphatic carbocycles. The van der Waals surface area contributed by atoms with E-state index < -0.39 is 41.2 Å². The maximum absolute atomic E-state index is 13.7. The number of pyridine rings is 1. The minimum absolute atomic E-state index is 0.0165. The van der Waals surface area contributed by atoms with Crippen LogP contribution in [0.5, 0.6) is 0 Å². The fourth-order valence-electron chi connectivity index (χ4n) is 5.50. The van der Waals surface area contributed by atoms with E-state index in [4.69, 9.17) is 9.73 Å². The van der Waals surface area contributed by atoms with E-state index in [0.717, 1.165) is 34.2 Å². The van der Waals surface area contributed by atoms with Gasteiger partial charge in [0.05, 0.1) is 6.04 Å². The zero-order valence-electron chi connectivity index (χ0n) is 23.0. The molecule has 2 fully saturated rings. The molecular weight excluding hydrogens is 590 g/mol. The number of aliphatic imine (C=N–C) groups is 1. The van der Waals surface area contributed by atoms with E-state index in [0.29, 0.717) is 32.2 Å². The van der Waals surface area contributed by atoms with Crippen molar-refractivity contribution >= 4 is 45.3 Å². The zero-order valence-corrected chi connectivity index (χ0v) is 24.6. The van der Waals surface area contributed by atoms with Gasteiger partial charge in [0, 0.05) is 52.7 Å². The Bertz CT molecular complexity index is 1350. The highest BCUT2D eigenvalue weighted by molar-refractivity contribution is 9.10. The number of nitrogens with one attached hydrogen (secondary N) is 2. The average Bonchev–Trinajstić information content (AvgIpc) is 3.56. The van der Waals surface area contributed by atoms with Gasteiger partial charge in [0.2, 0.25) is 11.7 Å². The molecule has 0 unspecified atom stereocenters. The van der Waals surface area contributed by atoms with Crippen LogP contribution in [-0.4, -0.2) is 70.5 Å². The first-order chi connectivity index (χ1) is 19.8. The van der Waals surface area contributed by atoms with Crippen LogP contribution in [0.3, 0.4) is 0 Å². The summed E-state index contributed by atoms with van der Waals surface area (Å²) in [4.78, 5) is 62.8. The van der Waals surface area contributed by atoms with E-state index in [-0.39, 0.29) is 19.2 Å². The summed E-state index contributed by atoms with van der Waals surface area (Å²) in [6, 6.07) is 9.66. The van der Waals surface area contributed by atoms with Gasteiger partial charge >= 0.3 is 6.09 Å². The van der Waals surface area contributed by atoms with Crippen molar-refractivity contribution in [2.45, 2.75) is 70.2 Å². The second-order valence-electron chi connectivity index (χ2n) is 11.2. The first-order valence-electron chi connectivity index (χ1n) is 14.0. The molecule has 2 aromatic rings. The van der Waals surface area contributed by atoms with Gasteiger partial charge in [-0.1, -0.05) is 47.5 Å². The molecule has 3 amide bonds. The van der Waals surface area contributed by atoms with Gasteiger partial charge in [-0.2, -0.15) is 0 Å². The summed E-state index contributed by atoms with van der Waals surface area (Å²) in [5.41, 5.74) is 2.20. The lowest BCUT2D eigenvalue weighted by Gasteiger charge is -2.25. The Labute approximate surface area is 247 Å². The van der Waals surface area contributed by atoms with Crippen molar-refractivity contribution in [3.63, 3.8) is 0 Å². The minimum atomic E-state index is -0.965. The highest BCUT2D eigenvalue weighted by Crippen LogP contribution is 2.43. The summed E-state index contributed by atoms with van der Waals surface area (Å²) in [5.74, 6) is -1.81. The van der Waals surface area contributed by atoms with E-state index in [1.807, 2.05) is 31.2 Å². The number of ether oxygens (including phenoxy) is 1. The molecule has 1 spiro atoms. The molecule has 216 valence electrons. The summed E-state index contributed by atoms with van der Waals surface area (Å²) in [5, 5.41) is 5.51. The third-order valence-corrected chi connectivity index (χ3v) is 8.28. The quantitative estimate of drug-likeness (QED) is 0.389. The third kappa shape index (κ3) is 7.01. The number of benzene rings is 1. The standard InChI is InChI=1S/C30H34BrN5O5/c1-2-5-23(26(37)28(39)34-22-9-10-22)35-27(38)25-14-30(13-24(33-17-30)20-7-3-8-21(31)12-20)18-36(25)29(40)41-16-19-6-4-11-32-15-19/h3-4,6-8,11-12,15,22-23,25H,2,5,9-10,13-14,16-18H2,1H3,(H,34,39)(H,35,38)/t23-,25-,30-/m0/s1. The highest BCUT2D eigenvalue weighted by Gasteiger charge is 2.52. The molecule has 2 aliphatic heterocycles. The van der Waals surface area contributed by atoms with Crippen molar-refractivity contribution in [3.05, 3.63) is 64.4 Å². The lowest BCUT2D eigenvalue weighted by atomic mass is 9.81. The summed E-state index contributed by atoms with van der Waals surface area (Å²) in [7, 11) is 0. The lowest BCUT2D eigenvalue weighted by molar-refractivity contribution is -0.140. The molecular formula is C30H34BrN5O5. The molecule has 3 heterocycles. The second-order valence-corrected chi connectivity index (χ2v) is 12.1. The van der Waals surface area contributed by atoms with E-state index >= 15 is 0 Å². The van der Waals surface area contributed by atoms with Gasteiger partial charge in [0.1, 0.15) is 12.6 Å². The zero-order chi connectivity index (χ0) is 29.0. The van der Waals surface area contributed by atoms with Crippen LogP contribution in [-0.2, 0) is 25.7 Å². The molecule has 10 nitrogen and oxygen atoms in total. The van der Waals surface area contributed by atoms with Crippen molar-refractivity contribution in [2.24, 2.45) is 10.4 Å². The number of nitrogens with zero attached hydrogens (tertiary/aromatic N) is 3. The molecule has 1 saturated heterocycles. The number of carbonyl (C=O) groups excluding carboxylic acids is 4. The van der Waals surface area contributed by atoms with Gasteiger partial charge in [-0.3, -0.25) is 29.3 Å². The number of hydrogen-bond acceptors (Lipinski definition) is 7. The predicted octanol–water partition coefficient (Wildman–Crippen LogP) is 3.57. The second kappa shape index (κ2) is 12.5. The number of halogens is 1. The van der Waals surface area contributed by atoms with E-state index in [2.05, 4.69) is 31.5 Å². The third-order valence-electron chi connectivity index (χ3n) is 7.78. The molecule has 0 radical (unpaired) electrons. The number of carbonyl (C=O) groups is 4. The molecule has 41 heavy (non-hydrogen) atoms. The molecule has 3 atom stereocenters. The maximum atomic E-state index is 13.7. The molecule has 1 aromatic heterocycles. The summed E-state index contributed by atoms with van der Waals surface area (Å²) < 4.78 is 6.55. The van der Waals surface area contributed by atoms with Gasteiger partial charge < -0.3 is 15.4 Å². The number of hydrogen-bond donors (Lipinski definition) is 2. The Balaban J connectivity index is 1.32. The van der Waals surface area contributed by atoms with Crippen LogP contribution in [0.2, 0.25) is 0 Å². The van der Waals surface area contributed by atoms with Gasteiger partial charge in [0.25, 0.3) is 5.91 Å². The predicted molar refractivity (Wildman–Crippen MR) is 155 cm³/mol. The van der Waals surface area contributed by atoms with Crippen molar-refractivity contribution in [1.82, 2.24) is 20.5 Å². The maximum Gasteiger partial charge on any atom is 0.410 e. The SMILES string of the molecule is CCC[C@H](NC(=O)[C@@H]1C[C@@]2(CN=C(c3cccc(Br)c3)C2)CN1C(=O)OCc1cccnc1)C(=O)C(=O)NC1CC1.